The number of nitrogens with one attached hydrogen (secondary N) is 1. The standard InChI is InChI=1S/C19H25N5O4/c1-19(2,3)10-23-13-9-12(22-8-4-5-14(22)25)21-24(13)18(28)15(17(23)27)16(26)20-11-6-7-11/h9,11,27H,4-8,10H2,1-3H3,(H,20,26). The van der Waals surface area contributed by atoms with Crippen molar-refractivity contribution in [1.29, 1.82) is 0 Å². The molecule has 0 unspecified atom stereocenters. The molecule has 2 fully saturated rings. The normalized spacial score (nSPS) is 17.5. The molecule has 1 aliphatic carbocycles. The van der Waals surface area contributed by atoms with Crippen molar-refractivity contribution in [3.05, 3.63) is 22.0 Å². The molecule has 9 heteroatoms. The van der Waals surface area contributed by atoms with E-state index in [0.29, 0.717) is 31.0 Å². The maximum absolute atomic E-state index is 13.0. The number of aromatic nitrogens is 3. The van der Waals surface area contributed by atoms with Gasteiger partial charge in [-0.2, -0.15) is 4.52 Å². The number of rotatable bonds is 4. The number of carbonyl (C=O) groups excluding carboxylic acids is 2. The van der Waals surface area contributed by atoms with E-state index in [4.69, 9.17) is 0 Å². The van der Waals surface area contributed by atoms with Crippen LogP contribution in [0.5, 0.6) is 5.88 Å². The monoisotopic (exact) mass is 387 g/mol. The predicted octanol–water partition coefficient (Wildman–Crippen LogP) is 1.27. The fraction of sp³-hybridized carbons (Fsp3) is 0.579. The zero-order valence-corrected chi connectivity index (χ0v) is 16.4. The number of aromatic hydroxyl groups is 1. The average molecular weight is 387 g/mol. The Kier molecular flexibility index (Phi) is 4.20. The molecule has 1 saturated heterocycles. The fourth-order valence-electron chi connectivity index (χ4n) is 3.48. The van der Waals surface area contributed by atoms with Gasteiger partial charge in [0.05, 0.1) is 0 Å². The van der Waals surface area contributed by atoms with Crippen LogP contribution in [0.4, 0.5) is 5.82 Å². The van der Waals surface area contributed by atoms with Gasteiger partial charge in [-0.15, -0.1) is 5.10 Å². The Hall–Kier alpha value is -2.84. The minimum Gasteiger partial charge on any atom is -0.494 e. The Morgan fingerprint density at radius 3 is 2.61 bits per heavy atom. The van der Waals surface area contributed by atoms with Crippen LogP contribution in [0.15, 0.2) is 10.9 Å². The van der Waals surface area contributed by atoms with E-state index in [1.807, 2.05) is 20.8 Å². The van der Waals surface area contributed by atoms with E-state index in [0.717, 1.165) is 23.8 Å². The molecular formula is C19H25N5O4. The van der Waals surface area contributed by atoms with E-state index in [-0.39, 0.29) is 28.8 Å². The van der Waals surface area contributed by atoms with Crippen LogP contribution in [0, 0.1) is 5.41 Å². The molecular weight excluding hydrogens is 362 g/mol. The summed E-state index contributed by atoms with van der Waals surface area (Å²) < 4.78 is 2.65. The van der Waals surface area contributed by atoms with Crippen LogP contribution in [0.25, 0.3) is 5.65 Å². The molecule has 4 rings (SSSR count). The van der Waals surface area contributed by atoms with E-state index in [1.165, 1.54) is 9.47 Å². The minimum absolute atomic E-state index is 0.0471. The van der Waals surface area contributed by atoms with Crippen LogP contribution in [0.3, 0.4) is 0 Å². The first-order chi connectivity index (χ1) is 13.2. The summed E-state index contributed by atoms with van der Waals surface area (Å²) in [6.07, 6.45) is 2.92. The number of hydrogen-bond acceptors (Lipinski definition) is 5. The Morgan fingerprint density at radius 1 is 1.32 bits per heavy atom. The summed E-state index contributed by atoms with van der Waals surface area (Å²) in [5.74, 6) is -0.649. The van der Waals surface area contributed by atoms with Gasteiger partial charge in [0.1, 0.15) is 5.65 Å². The summed E-state index contributed by atoms with van der Waals surface area (Å²) in [4.78, 5) is 39.2. The van der Waals surface area contributed by atoms with E-state index >= 15 is 0 Å². The van der Waals surface area contributed by atoms with Gasteiger partial charge in [-0.1, -0.05) is 20.8 Å². The van der Waals surface area contributed by atoms with Crippen molar-refractivity contribution in [2.45, 2.75) is 59.0 Å². The number of amides is 2. The average Bonchev–Trinajstić information content (AvgIpc) is 3.12. The summed E-state index contributed by atoms with van der Waals surface area (Å²) in [5.41, 5.74) is -0.875. The smallest absolute Gasteiger partial charge is 0.291 e. The van der Waals surface area contributed by atoms with Crippen LogP contribution < -0.4 is 15.8 Å². The molecule has 2 N–H and O–H groups in total. The minimum atomic E-state index is -0.686. The SMILES string of the molecule is CC(C)(C)Cn1c(O)c(C(=O)NC2CC2)c(=O)n2nc(N3CCCC3=O)cc12. The molecule has 1 saturated carbocycles. The number of hydrogen-bond donors (Lipinski definition) is 2. The van der Waals surface area contributed by atoms with Crippen molar-refractivity contribution < 1.29 is 14.7 Å². The predicted molar refractivity (Wildman–Crippen MR) is 103 cm³/mol. The van der Waals surface area contributed by atoms with E-state index < -0.39 is 11.5 Å². The molecule has 150 valence electrons. The largest absolute Gasteiger partial charge is 0.494 e. The third kappa shape index (κ3) is 3.25. The lowest BCUT2D eigenvalue weighted by atomic mass is 9.96. The molecule has 2 amide bonds. The molecule has 2 aromatic heterocycles. The van der Waals surface area contributed by atoms with Crippen molar-refractivity contribution in [1.82, 2.24) is 19.5 Å². The second-order valence-electron chi connectivity index (χ2n) is 8.82. The van der Waals surface area contributed by atoms with Gasteiger partial charge in [0.15, 0.2) is 11.4 Å². The van der Waals surface area contributed by atoms with Gasteiger partial charge in [-0.25, -0.2) is 0 Å². The van der Waals surface area contributed by atoms with Crippen molar-refractivity contribution in [3.8, 4) is 5.88 Å². The zero-order chi connectivity index (χ0) is 20.2. The maximum atomic E-state index is 13.0. The van der Waals surface area contributed by atoms with E-state index in [1.54, 1.807) is 6.07 Å². The first kappa shape index (κ1) is 18.5. The molecule has 0 aromatic carbocycles. The third-order valence-corrected chi connectivity index (χ3v) is 4.96. The number of carbonyl (C=O) groups is 2. The van der Waals surface area contributed by atoms with Gasteiger partial charge in [0.2, 0.25) is 11.8 Å². The Bertz CT molecular complexity index is 1030. The Morgan fingerprint density at radius 2 is 2.04 bits per heavy atom. The van der Waals surface area contributed by atoms with Gasteiger partial charge < -0.3 is 10.4 Å². The molecule has 1 aliphatic heterocycles. The van der Waals surface area contributed by atoms with Gasteiger partial charge in [0, 0.05) is 31.6 Å². The van der Waals surface area contributed by atoms with Gasteiger partial charge in [0.25, 0.3) is 11.5 Å². The molecule has 2 aliphatic rings. The number of nitrogens with zero attached hydrogens (tertiary/aromatic N) is 4. The van der Waals surface area contributed by atoms with Crippen LogP contribution in [0.1, 0.15) is 56.8 Å². The summed E-state index contributed by atoms with van der Waals surface area (Å²) in [6, 6.07) is 1.67. The van der Waals surface area contributed by atoms with Crippen molar-refractivity contribution >= 4 is 23.3 Å². The lowest BCUT2D eigenvalue weighted by Crippen LogP contribution is -2.35. The van der Waals surface area contributed by atoms with E-state index in [2.05, 4.69) is 10.4 Å². The Balaban J connectivity index is 1.90. The second kappa shape index (κ2) is 6.35. The Labute approximate surface area is 161 Å². The summed E-state index contributed by atoms with van der Waals surface area (Å²) in [7, 11) is 0. The van der Waals surface area contributed by atoms with Crippen LogP contribution in [0.2, 0.25) is 0 Å². The number of anilines is 1. The molecule has 28 heavy (non-hydrogen) atoms. The van der Waals surface area contributed by atoms with Gasteiger partial charge in [-0.3, -0.25) is 23.9 Å². The summed E-state index contributed by atoms with van der Waals surface area (Å²) in [5, 5.41) is 17.9. The molecule has 9 nitrogen and oxygen atoms in total. The van der Waals surface area contributed by atoms with E-state index in [9.17, 15) is 19.5 Å². The highest BCUT2D eigenvalue weighted by Crippen LogP contribution is 2.28. The van der Waals surface area contributed by atoms with Crippen molar-refractivity contribution in [3.63, 3.8) is 0 Å². The highest BCUT2D eigenvalue weighted by atomic mass is 16.3. The first-order valence-electron chi connectivity index (χ1n) is 9.62. The fourth-order valence-corrected chi connectivity index (χ4v) is 3.48. The van der Waals surface area contributed by atoms with Gasteiger partial charge >= 0.3 is 0 Å². The maximum Gasteiger partial charge on any atom is 0.291 e. The molecule has 0 atom stereocenters. The molecule has 0 bridgehead atoms. The molecule has 3 heterocycles. The number of fused-ring (bicyclic) bond motifs is 1. The van der Waals surface area contributed by atoms with Crippen LogP contribution in [-0.4, -0.2) is 43.7 Å². The van der Waals surface area contributed by atoms with Crippen LogP contribution in [-0.2, 0) is 11.3 Å². The van der Waals surface area contributed by atoms with Crippen LogP contribution >= 0.6 is 0 Å². The lowest BCUT2D eigenvalue weighted by molar-refractivity contribution is -0.117. The second-order valence-corrected chi connectivity index (χ2v) is 8.82. The first-order valence-corrected chi connectivity index (χ1v) is 9.62. The van der Waals surface area contributed by atoms with Gasteiger partial charge in [-0.05, 0) is 24.7 Å². The lowest BCUT2D eigenvalue weighted by Gasteiger charge is -2.23. The summed E-state index contributed by atoms with van der Waals surface area (Å²) in [6.45, 7) is 6.88. The topological polar surface area (TPSA) is 109 Å². The highest BCUT2D eigenvalue weighted by Gasteiger charge is 2.31. The van der Waals surface area contributed by atoms with Crippen molar-refractivity contribution in [2.75, 3.05) is 11.4 Å². The molecule has 2 aromatic rings. The molecule has 0 radical (unpaired) electrons. The summed E-state index contributed by atoms with van der Waals surface area (Å²) >= 11 is 0. The highest BCUT2D eigenvalue weighted by molar-refractivity contribution is 5.97. The van der Waals surface area contributed by atoms with Crippen molar-refractivity contribution in [2.24, 2.45) is 5.41 Å². The third-order valence-electron chi connectivity index (χ3n) is 4.96. The molecule has 0 spiro atoms. The quantitative estimate of drug-likeness (QED) is 0.821. The zero-order valence-electron chi connectivity index (χ0n) is 16.4.